The fraction of sp³-hybridized carbons (Fsp3) is 0.350. The smallest absolute Gasteiger partial charge is 0.255 e. The topological polar surface area (TPSA) is 63.1 Å². The van der Waals surface area contributed by atoms with Gasteiger partial charge in [-0.1, -0.05) is 30.3 Å². The number of amides is 1. The first kappa shape index (κ1) is 20.6. The van der Waals surface area contributed by atoms with Crippen LogP contribution in [0.4, 0.5) is 0 Å². The van der Waals surface area contributed by atoms with E-state index in [1.165, 1.54) is 5.56 Å². The van der Waals surface area contributed by atoms with Crippen LogP contribution in [-0.2, 0) is 6.54 Å². The second kappa shape index (κ2) is 8.47. The monoisotopic (exact) mass is 419 g/mol. The van der Waals surface area contributed by atoms with E-state index in [0.717, 1.165) is 43.8 Å². The van der Waals surface area contributed by atoms with Gasteiger partial charge in [-0.3, -0.25) is 4.79 Å². The van der Waals surface area contributed by atoms with Gasteiger partial charge in [-0.25, -0.2) is 9.97 Å². The summed E-state index contributed by atoms with van der Waals surface area (Å²) in [5, 5.41) is 3.49. The van der Waals surface area contributed by atoms with Crippen LogP contribution in [0.2, 0.25) is 0 Å². The fourth-order valence-electron chi connectivity index (χ4n) is 4.16. The van der Waals surface area contributed by atoms with Crippen molar-refractivity contribution in [3.05, 3.63) is 60.0 Å². The number of benzene rings is 1. The lowest BCUT2D eigenvalue weighted by molar-refractivity contribution is 0.0782. The number of carbonyl (C=O) groups excluding carboxylic acids is 1. The maximum atomic E-state index is 12.8. The highest BCUT2D eigenvalue weighted by atomic mass is 35.5. The number of hydrogen-bond acceptors (Lipinski definition) is 4. The molecule has 2 atom stereocenters. The van der Waals surface area contributed by atoms with E-state index in [2.05, 4.69) is 27.4 Å². The average molecular weight is 420 g/mol. The summed E-state index contributed by atoms with van der Waals surface area (Å²) in [5.74, 6) is 0.661. The van der Waals surface area contributed by atoms with Gasteiger partial charge in [0, 0.05) is 25.3 Å². The van der Waals surface area contributed by atoms with Crippen molar-refractivity contribution >= 4 is 41.9 Å². The van der Waals surface area contributed by atoms with E-state index in [1.54, 1.807) is 12.5 Å². The van der Waals surface area contributed by atoms with Crippen LogP contribution in [0.15, 0.2) is 48.9 Å². The standard InChI is InChI=1S/C20H21N5O.2ClH/c26-20(24-11-15-6-7-21-18(15)12-24)16-8-17-19(22-9-16)25(13-23-17)10-14-4-2-1-3-5-14;;/h1-5,8-9,13,15,18,21H,6-7,10-12H2;2*1H/t15-,18+;;/m0../s1. The number of likely N-dealkylation sites (tertiary alicyclic amines) is 1. The van der Waals surface area contributed by atoms with Gasteiger partial charge in [0.25, 0.3) is 5.91 Å². The zero-order valence-corrected chi connectivity index (χ0v) is 17.0. The van der Waals surface area contributed by atoms with Crippen molar-refractivity contribution in [1.29, 1.82) is 0 Å². The largest absolute Gasteiger partial charge is 0.337 e. The quantitative estimate of drug-likeness (QED) is 0.708. The first-order chi connectivity index (χ1) is 12.8. The zero-order chi connectivity index (χ0) is 17.5. The van der Waals surface area contributed by atoms with Crippen LogP contribution in [0, 0.1) is 5.92 Å². The van der Waals surface area contributed by atoms with Gasteiger partial charge in [-0.2, -0.15) is 0 Å². The molecular weight excluding hydrogens is 397 g/mol. The molecule has 1 N–H and O–H groups in total. The fourth-order valence-corrected chi connectivity index (χ4v) is 4.16. The molecule has 0 radical (unpaired) electrons. The number of hydrogen-bond donors (Lipinski definition) is 1. The predicted molar refractivity (Wildman–Crippen MR) is 113 cm³/mol. The number of nitrogens with zero attached hydrogens (tertiary/aromatic N) is 4. The Morgan fingerprint density at radius 3 is 2.75 bits per heavy atom. The molecule has 28 heavy (non-hydrogen) atoms. The van der Waals surface area contributed by atoms with Crippen molar-refractivity contribution in [2.75, 3.05) is 19.6 Å². The van der Waals surface area contributed by atoms with Gasteiger partial charge in [0.15, 0.2) is 5.65 Å². The molecule has 5 rings (SSSR count). The Morgan fingerprint density at radius 2 is 1.96 bits per heavy atom. The molecule has 1 aromatic carbocycles. The summed E-state index contributed by atoms with van der Waals surface area (Å²) in [4.78, 5) is 23.8. The summed E-state index contributed by atoms with van der Waals surface area (Å²) in [6.45, 7) is 3.43. The van der Waals surface area contributed by atoms with E-state index in [9.17, 15) is 4.79 Å². The van der Waals surface area contributed by atoms with Gasteiger partial charge in [-0.15, -0.1) is 24.8 Å². The van der Waals surface area contributed by atoms with Crippen LogP contribution in [0.25, 0.3) is 11.2 Å². The van der Waals surface area contributed by atoms with Crippen molar-refractivity contribution < 1.29 is 4.79 Å². The van der Waals surface area contributed by atoms with E-state index in [4.69, 9.17) is 0 Å². The van der Waals surface area contributed by atoms with Gasteiger partial charge in [0.1, 0.15) is 5.52 Å². The number of nitrogens with one attached hydrogen (secondary N) is 1. The van der Waals surface area contributed by atoms with Crippen molar-refractivity contribution in [3.8, 4) is 0 Å². The van der Waals surface area contributed by atoms with E-state index in [0.29, 0.717) is 17.5 Å². The van der Waals surface area contributed by atoms with Crippen molar-refractivity contribution in [2.45, 2.75) is 19.0 Å². The molecular formula is C20H23Cl2N5O. The number of imidazole rings is 1. The zero-order valence-electron chi connectivity index (χ0n) is 15.3. The molecule has 2 saturated heterocycles. The van der Waals surface area contributed by atoms with Gasteiger partial charge >= 0.3 is 0 Å². The highest BCUT2D eigenvalue weighted by Crippen LogP contribution is 2.26. The molecule has 4 heterocycles. The molecule has 8 heteroatoms. The summed E-state index contributed by atoms with van der Waals surface area (Å²) in [6, 6.07) is 12.6. The van der Waals surface area contributed by atoms with Crippen LogP contribution in [0.3, 0.4) is 0 Å². The van der Waals surface area contributed by atoms with Gasteiger partial charge in [-0.05, 0) is 30.5 Å². The van der Waals surface area contributed by atoms with Crippen molar-refractivity contribution in [2.24, 2.45) is 5.92 Å². The first-order valence-corrected chi connectivity index (χ1v) is 9.15. The number of rotatable bonds is 3. The Hall–Kier alpha value is -2.15. The lowest BCUT2D eigenvalue weighted by Crippen LogP contribution is -2.34. The molecule has 6 nitrogen and oxygen atoms in total. The second-order valence-corrected chi connectivity index (χ2v) is 7.24. The Morgan fingerprint density at radius 1 is 1.14 bits per heavy atom. The second-order valence-electron chi connectivity index (χ2n) is 7.24. The molecule has 2 aliphatic rings. The molecule has 2 fully saturated rings. The van der Waals surface area contributed by atoms with Crippen LogP contribution in [0.5, 0.6) is 0 Å². The SMILES string of the molecule is Cl.Cl.O=C(c1cnc2c(c1)ncn2Cc1ccccc1)N1C[C@@H]2CCN[C@@H]2C1. The number of fused-ring (bicyclic) bond motifs is 2. The Balaban J connectivity index is 0.00000112. The van der Waals surface area contributed by atoms with Crippen LogP contribution in [0.1, 0.15) is 22.3 Å². The molecule has 0 saturated carbocycles. The molecule has 1 amide bonds. The Bertz CT molecular complexity index is 950. The lowest BCUT2D eigenvalue weighted by Gasteiger charge is -2.17. The van der Waals surface area contributed by atoms with Gasteiger partial charge in [0.2, 0.25) is 0 Å². The maximum absolute atomic E-state index is 12.8. The number of pyridine rings is 1. The molecule has 2 aromatic heterocycles. The summed E-state index contributed by atoms with van der Waals surface area (Å²) in [7, 11) is 0. The van der Waals surface area contributed by atoms with Crippen LogP contribution >= 0.6 is 24.8 Å². The van der Waals surface area contributed by atoms with E-state index in [-0.39, 0.29) is 30.7 Å². The molecule has 2 aliphatic heterocycles. The predicted octanol–water partition coefficient (Wildman–Crippen LogP) is 2.76. The summed E-state index contributed by atoms with van der Waals surface area (Å²) >= 11 is 0. The minimum Gasteiger partial charge on any atom is -0.337 e. The summed E-state index contributed by atoms with van der Waals surface area (Å²) in [5.41, 5.74) is 3.40. The van der Waals surface area contributed by atoms with E-state index in [1.807, 2.05) is 33.7 Å². The summed E-state index contributed by atoms with van der Waals surface area (Å²) < 4.78 is 2.02. The third-order valence-electron chi connectivity index (χ3n) is 5.55. The molecule has 3 aromatic rings. The molecule has 0 spiro atoms. The van der Waals surface area contributed by atoms with Crippen LogP contribution in [-0.4, -0.2) is 51.0 Å². The van der Waals surface area contributed by atoms with Gasteiger partial charge < -0.3 is 14.8 Å². The normalized spacial score (nSPS) is 20.5. The minimum atomic E-state index is 0. The Labute approximate surface area is 176 Å². The van der Waals surface area contributed by atoms with E-state index >= 15 is 0 Å². The third kappa shape index (κ3) is 3.72. The Kier molecular flexibility index (Phi) is 6.23. The number of carbonyl (C=O) groups is 1. The van der Waals surface area contributed by atoms with E-state index < -0.39 is 0 Å². The molecule has 0 aliphatic carbocycles. The third-order valence-corrected chi connectivity index (χ3v) is 5.55. The van der Waals surface area contributed by atoms with Crippen molar-refractivity contribution in [1.82, 2.24) is 24.8 Å². The maximum Gasteiger partial charge on any atom is 0.255 e. The number of aromatic nitrogens is 3. The highest BCUT2D eigenvalue weighted by Gasteiger charge is 2.38. The minimum absolute atomic E-state index is 0. The molecule has 148 valence electrons. The average Bonchev–Trinajstić information content (AvgIpc) is 3.36. The molecule has 0 bridgehead atoms. The first-order valence-electron chi connectivity index (χ1n) is 9.15. The molecule has 0 unspecified atom stereocenters. The highest BCUT2D eigenvalue weighted by molar-refractivity contribution is 5.96. The lowest BCUT2D eigenvalue weighted by atomic mass is 10.1. The van der Waals surface area contributed by atoms with Crippen LogP contribution < -0.4 is 5.32 Å². The van der Waals surface area contributed by atoms with Gasteiger partial charge in [0.05, 0.1) is 18.4 Å². The van der Waals surface area contributed by atoms with Crippen molar-refractivity contribution in [3.63, 3.8) is 0 Å². The summed E-state index contributed by atoms with van der Waals surface area (Å²) in [6.07, 6.45) is 4.65. The number of halogens is 2.